The van der Waals surface area contributed by atoms with E-state index >= 15 is 0 Å². The van der Waals surface area contributed by atoms with Crippen molar-refractivity contribution in [3.8, 4) is 0 Å². The lowest BCUT2D eigenvalue weighted by Crippen LogP contribution is -2.16. The zero-order valence-electron chi connectivity index (χ0n) is 9.58. The summed E-state index contributed by atoms with van der Waals surface area (Å²) >= 11 is 0. The molecule has 0 unspecified atom stereocenters. The molecular weight excluding hydrogens is 202 g/mol. The molecule has 0 bridgehead atoms. The maximum Gasteiger partial charge on any atom is 0.338 e. The van der Waals surface area contributed by atoms with Gasteiger partial charge in [-0.2, -0.15) is 0 Å². The molecule has 0 radical (unpaired) electrons. The second-order valence-corrected chi connectivity index (χ2v) is 4.00. The molecule has 86 valence electrons. The highest BCUT2D eigenvalue weighted by atomic mass is 16.5. The van der Waals surface area contributed by atoms with E-state index in [1.165, 1.54) is 0 Å². The molecule has 0 saturated carbocycles. The molecule has 0 saturated heterocycles. The molecule has 1 heterocycles. The number of esters is 1. The van der Waals surface area contributed by atoms with Crippen LogP contribution in [0.5, 0.6) is 0 Å². The summed E-state index contributed by atoms with van der Waals surface area (Å²) in [7, 11) is 0. The SMILES string of the molecule is CCCOC(=O)c1cccc2c1CCCN2. The van der Waals surface area contributed by atoms with E-state index in [2.05, 4.69) is 5.32 Å². The second kappa shape index (κ2) is 5.01. The van der Waals surface area contributed by atoms with Gasteiger partial charge in [0.05, 0.1) is 12.2 Å². The minimum absolute atomic E-state index is 0.192. The van der Waals surface area contributed by atoms with Crippen LogP contribution >= 0.6 is 0 Å². The van der Waals surface area contributed by atoms with Gasteiger partial charge >= 0.3 is 5.97 Å². The largest absolute Gasteiger partial charge is 0.462 e. The highest BCUT2D eigenvalue weighted by molar-refractivity contribution is 5.93. The molecule has 1 aromatic carbocycles. The molecule has 0 fully saturated rings. The summed E-state index contributed by atoms with van der Waals surface area (Å²) in [6.07, 6.45) is 2.89. The Morgan fingerprint density at radius 2 is 2.38 bits per heavy atom. The Morgan fingerprint density at radius 3 is 3.19 bits per heavy atom. The average Bonchev–Trinajstić information content (AvgIpc) is 2.35. The highest BCUT2D eigenvalue weighted by Crippen LogP contribution is 2.25. The number of hydrogen-bond donors (Lipinski definition) is 1. The van der Waals surface area contributed by atoms with Gasteiger partial charge in [-0.3, -0.25) is 0 Å². The third kappa shape index (κ3) is 2.18. The van der Waals surface area contributed by atoms with E-state index in [9.17, 15) is 4.79 Å². The van der Waals surface area contributed by atoms with E-state index in [1.807, 2.05) is 25.1 Å². The predicted octanol–water partition coefficient (Wildman–Crippen LogP) is 2.61. The molecule has 1 aliphatic rings. The summed E-state index contributed by atoms with van der Waals surface area (Å²) in [5, 5.41) is 3.31. The second-order valence-electron chi connectivity index (χ2n) is 4.00. The molecule has 0 atom stereocenters. The Hall–Kier alpha value is -1.51. The summed E-state index contributed by atoms with van der Waals surface area (Å²) in [5.41, 5.74) is 2.91. The van der Waals surface area contributed by atoms with Gasteiger partial charge in [0.2, 0.25) is 0 Å². The van der Waals surface area contributed by atoms with Gasteiger partial charge in [-0.25, -0.2) is 4.79 Å². The number of benzene rings is 1. The third-order valence-corrected chi connectivity index (χ3v) is 2.75. The number of rotatable bonds is 3. The fraction of sp³-hybridized carbons (Fsp3) is 0.462. The van der Waals surface area contributed by atoms with Crippen molar-refractivity contribution in [1.82, 2.24) is 0 Å². The lowest BCUT2D eigenvalue weighted by atomic mass is 9.98. The van der Waals surface area contributed by atoms with E-state index < -0.39 is 0 Å². The Morgan fingerprint density at radius 1 is 1.50 bits per heavy atom. The predicted molar refractivity (Wildman–Crippen MR) is 63.8 cm³/mol. The minimum atomic E-state index is -0.192. The number of hydrogen-bond acceptors (Lipinski definition) is 3. The summed E-state index contributed by atoms with van der Waals surface area (Å²) in [4.78, 5) is 11.8. The smallest absolute Gasteiger partial charge is 0.338 e. The standard InChI is InChI=1S/C13H17NO2/c1-2-9-16-13(15)11-5-3-7-12-10(11)6-4-8-14-12/h3,5,7,14H,2,4,6,8-9H2,1H3. The Kier molecular flexibility index (Phi) is 3.44. The zero-order chi connectivity index (χ0) is 11.4. The number of nitrogens with one attached hydrogen (secondary N) is 1. The molecule has 1 N–H and O–H groups in total. The Bertz CT molecular complexity index is 388. The number of fused-ring (bicyclic) bond motifs is 1. The van der Waals surface area contributed by atoms with Crippen molar-refractivity contribution in [3.05, 3.63) is 29.3 Å². The average molecular weight is 219 g/mol. The quantitative estimate of drug-likeness (QED) is 0.794. The number of anilines is 1. The third-order valence-electron chi connectivity index (χ3n) is 2.75. The van der Waals surface area contributed by atoms with E-state index in [4.69, 9.17) is 4.74 Å². The van der Waals surface area contributed by atoms with Gasteiger partial charge in [0.15, 0.2) is 0 Å². The van der Waals surface area contributed by atoms with Gasteiger partial charge in [-0.1, -0.05) is 13.0 Å². The number of carbonyl (C=O) groups excluding carboxylic acids is 1. The van der Waals surface area contributed by atoms with E-state index in [0.717, 1.165) is 42.6 Å². The van der Waals surface area contributed by atoms with Gasteiger partial charge in [-0.05, 0) is 37.0 Å². The van der Waals surface area contributed by atoms with Crippen molar-refractivity contribution in [1.29, 1.82) is 0 Å². The molecule has 0 spiro atoms. The fourth-order valence-corrected chi connectivity index (χ4v) is 1.97. The van der Waals surface area contributed by atoms with E-state index in [1.54, 1.807) is 0 Å². The molecule has 1 aliphatic heterocycles. The molecule has 2 rings (SSSR count). The van der Waals surface area contributed by atoms with E-state index in [-0.39, 0.29) is 5.97 Å². The molecule has 0 aromatic heterocycles. The molecule has 16 heavy (non-hydrogen) atoms. The van der Waals surface area contributed by atoms with Crippen LogP contribution in [0.1, 0.15) is 35.7 Å². The van der Waals surface area contributed by atoms with Crippen LogP contribution in [-0.2, 0) is 11.2 Å². The van der Waals surface area contributed by atoms with E-state index in [0.29, 0.717) is 6.61 Å². The summed E-state index contributed by atoms with van der Waals surface area (Å²) in [6.45, 7) is 3.48. The Balaban J connectivity index is 2.23. The lowest BCUT2D eigenvalue weighted by Gasteiger charge is -2.20. The van der Waals surface area contributed by atoms with Crippen molar-refractivity contribution < 1.29 is 9.53 Å². The van der Waals surface area contributed by atoms with Crippen molar-refractivity contribution >= 4 is 11.7 Å². The first kappa shape index (κ1) is 11.0. The normalized spacial score (nSPS) is 13.8. The summed E-state index contributed by atoms with van der Waals surface area (Å²) in [6, 6.07) is 5.77. The first-order valence-electron chi connectivity index (χ1n) is 5.86. The molecule has 1 aromatic rings. The van der Waals surface area contributed by atoms with Crippen LogP contribution in [0.2, 0.25) is 0 Å². The van der Waals surface area contributed by atoms with Crippen molar-refractivity contribution in [3.63, 3.8) is 0 Å². The molecule has 3 nitrogen and oxygen atoms in total. The molecular formula is C13H17NO2. The zero-order valence-corrected chi connectivity index (χ0v) is 9.58. The van der Waals surface area contributed by atoms with Crippen LogP contribution in [0.25, 0.3) is 0 Å². The van der Waals surface area contributed by atoms with Gasteiger partial charge in [0, 0.05) is 12.2 Å². The van der Waals surface area contributed by atoms with Gasteiger partial charge in [0.25, 0.3) is 0 Å². The van der Waals surface area contributed by atoms with Gasteiger partial charge < -0.3 is 10.1 Å². The first-order valence-corrected chi connectivity index (χ1v) is 5.86. The maximum absolute atomic E-state index is 11.8. The number of carbonyl (C=O) groups is 1. The lowest BCUT2D eigenvalue weighted by molar-refractivity contribution is 0.0504. The van der Waals surface area contributed by atoms with Crippen LogP contribution in [0.4, 0.5) is 5.69 Å². The van der Waals surface area contributed by atoms with Crippen LogP contribution in [-0.4, -0.2) is 19.1 Å². The van der Waals surface area contributed by atoms with Crippen LogP contribution in [0, 0.1) is 0 Å². The van der Waals surface area contributed by atoms with Crippen LogP contribution in [0.15, 0.2) is 18.2 Å². The van der Waals surface area contributed by atoms with Crippen LogP contribution in [0.3, 0.4) is 0 Å². The van der Waals surface area contributed by atoms with Crippen LogP contribution < -0.4 is 5.32 Å². The fourth-order valence-electron chi connectivity index (χ4n) is 1.97. The molecule has 0 amide bonds. The number of ether oxygens (including phenoxy) is 1. The summed E-state index contributed by atoms with van der Waals surface area (Å²) in [5.74, 6) is -0.192. The van der Waals surface area contributed by atoms with Crippen molar-refractivity contribution in [2.24, 2.45) is 0 Å². The molecule has 3 heteroatoms. The first-order chi connectivity index (χ1) is 7.83. The Labute approximate surface area is 95.8 Å². The summed E-state index contributed by atoms with van der Waals surface area (Å²) < 4.78 is 5.18. The topological polar surface area (TPSA) is 38.3 Å². The minimum Gasteiger partial charge on any atom is -0.462 e. The van der Waals surface area contributed by atoms with Crippen molar-refractivity contribution in [2.45, 2.75) is 26.2 Å². The highest BCUT2D eigenvalue weighted by Gasteiger charge is 2.17. The van der Waals surface area contributed by atoms with Gasteiger partial charge in [-0.15, -0.1) is 0 Å². The maximum atomic E-state index is 11.8. The van der Waals surface area contributed by atoms with Crippen molar-refractivity contribution in [2.75, 3.05) is 18.5 Å². The monoisotopic (exact) mass is 219 g/mol. The molecule has 0 aliphatic carbocycles. The van der Waals surface area contributed by atoms with Gasteiger partial charge in [0.1, 0.15) is 0 Å².